The van der Waals surface area contributed by atoms with Crippen molar-refractivity contribution >= 4 is 24.0 Å². The number of hydrogen-bond donors (Lipinski definition) is 1. The summed E-state index contributed by atoms with van der Waals surface area (Å²) in [6.07, 6.45) is 0.306. The first kappa shape index (κ1) is 8.10. The molecule has 0 bridgehead atoms. The Morgan fingerprint density at radius 2 is 2.00 bits per heavy atom. The summed E-state index contributed by atoms with van der Waals surface area (Å²) in [5.74, 6) is 0. The average molecular weight is 223 g/mol. The maximum absolute atomic E-state index is 7.31. The molecule has 1 rings (SSSR count). The van der Waals surface area contributed by atoms with Crippen LogP contribution in [0.15, 0.2) is 24.3 Å². The third kappa shape index (κ3) is 5.14. The van der Waals surface area contributed by atoms with E-state index in [1.165, 1.54) is 6.92 Å². The second-order valence-electron chi connectivity index (χ2n) is 3.22. The van der Waals surface area contributed by atoms with Crippen molar-refractivity contribution in [2.45, 2.75) is 25.7 Å². The fourth-order valence-corrected chi connectivity index (χ4v) is 1.15. The van der Waals surface area contributed by atoms with Crippen LogP contribution >= 0.6 is 24.0 Å². The summed E-state index contributed by atoms with van der Waals surface area (Å²) >= 11 is 5.73. The summed E-state index contributed by atoms with van der Waals surface area (Å²) in [6.45, 7) is -0.624. The molecule has 1 nitrogen and oxygen atoms in total. The van der Waals surface area contributed by atoms with Gasteiger partial charge in [-0.05, 0) is 37.9 Å². The van der Waals surface area contributed by atoms with Crippen LogP contribution in [0.1, 0.15) is 23.5 Å². The van der Waals surface area contributed by atoms with E-state index in [1.807, 2.05) is 0 Å². The molecule has 3 heteroatoms. The minimum atomic E-state index is -2.16. The lowest BCUT2D eigenvalue weighted by Gasteiger charge is -2.18. The molecule has 0 radical (unpaired) electrons. The van der Waals surface area contributed by atoms with Crippen LogP contribution < -0.4 is 5.73 Å². The normalized spacial score (nSPS) is 18.8. The summed E-state index contributed by atoms with van der Waals surface area (Å²) in [5.41, 5.74) is 5.44. The van der Waals surface area contributed by atoms with Crippen LogP contribution in [-0.2, 0) is 6.42 Å². The Kier molecular flexibility index (Phi) is 3.02. The number of benzene rings is 1. The molecule has 2 N–H and O–H groups in total. The first-order chi connectivity index (χ1) is 6.72. The van der Waals surface area contributed by atoms with Gasteiger partial charge in [-0.15, -0.1) is 12.4 Å². The lowest BCUT2D eigenvalue weighted by molar-refractivity contribution is 0.517. The Hall–Kier alpha value is -0.240. The quantitative estimate of drug-likeness (QED) is 0.819. The highest BCUT2D eigenvalue weighted by atomic mass is 35.5. The Morgan fingerprint density at radius 1 is 1.46 bits per heavy atom. The lowest BCUT2D eigenvalue weighted by Crippen LogP contribution is -2.34. The van der Waals surface area contributed by atoms with E-state index in [0.717, 1.165) is 5.56 Å². The van der Waals surface area contributed by atoms with E-state index < -0.39 is 12.4 Å². The molecule has 1 unspecified atom stereocenters. The summed E-state index contributed by atoms with van der Waals surface area (Å²) < 4.78 is 21.9. The van der Waals surface area contributed by atoms with Gasteiger partial charge >= 0.3 is 0 Å². The van der Waals surface area contributed by atoms with E-state index >= 15 is 0 Å². The number of rotatable bonds is 2. The molecule has 0 spiro atoms. The summed E-state index contributed by atoms with van der Waals surface area (Å²) in [4.78, 5) is 0. The van der Waals surface area contributed by atoms with E-state index in [0.29, 0.717) is 11.4 Å². The van der Waals surface area contributed by atoms with Gasteiger partial charge in [0.05, 0.1) is 0 Å². The summed E-state index contributed by atoms with van der Waals surface area (Å²) in [5, 5.41) is 0.631. The highest BCUT2D eigenvalue weighted by molar-refractivity contribution is 6.30. The molecule has 13 heavy (non-hydrogen) atoms. The van der Waals surface area contributed by atoms with Crippen LogP contribution in [-0.4, -0.2) is 5.54 Å². The first-order valence-corrected chi connectivity index (χ1v) is 4.13. The van der Waals surface area contributed by atoms with Gasteiger partial charge < -0.3 is 5.73 Å². The zero-order valence-corrected chi connectivity index (χ0v) is 8.95. The lowest BCUT2D eigenvalue weighted by atomic mass is 9.96. The van der Waals surface area contributed by atoms with Gasteiger partial charge in [0.25, 0.3) is 0 Å². The zero-order chi connectivity index (χ0) is 11.7. The van der Waals surface area contributed by atoms with Crippen molar-refractivity contribution < 1.29 is 4.11 Å². The van der Waals surface area contributed by atoms with Gasteiger partial charge in [-0.1, -0.05) is 23.7 Å². The van der Waals surface area contributed by atoms with Crippen molar-refractivity contribution in [1.29, 1.82) is 0 Å². The standard InChI is InChI=1S/C10H14ClN.ClH/c1-10(2,12)7-8-3-5-9(11)6-4-8;/h3-6H,7,12H2,1-2H3;1H/i1D3;. The minimum Gasteiger partial charge on any atom is -0.325 e. The van der Waals surface area contributed by atoms with Crippen LogP contribution in [0.5, 0.6) is 0 Å². The van der Waals surface area contributed by atoms with Crippen molar-refractivity contribution in [3.05, 3.63) is 34.9 Å². The Balaban J connectivity index is 0.00000225. The monoisotopic (exact) mass is 222 g/mol. The topological polar surface area (TPSA) is 26.0 Å². The molecule has 0 aliphatic heterocycles. The second-order valence-corrected chi connectivity index (χ2v) is 3.66. The Bertz CT molecular complexity index is 333. The van der Waals surface area contributed by atoms with Gasteiger partial charge in [0.1, 0.15) is 0 Å². The third-order valence-electron chi connectivity index (χ3n) is 1.48. The number of nitrogens with two attached hydrogens (primary N) is 1. The Morgan fingerprint density at radius 3 is 2.46 bits per heavy atom. The van der Waals surface area contributed by atoms with Gasteiger partial charge in [-0.3, -0.25) is 0 Å². The molecular formula is C10H15Cl2N. The Labute approximate surface area is 94.9 Å². The van der Waals surface area contributed by atoms with Crippen molar-refractivity contribution in [3.8, 4) is 0 Å². The van der Waals surface area contributed by atoms with Gasteiger partial charge in [0.2, 0.25) is 0 Å². The number of halogens is 2. The highest BCUT2D eigenvalue weighted by Gasteiger charge is 2.10. The first-order valence-electron chi connectivity index (χ1n) is 5.26. The molecule has 1 aromatic rings. The molecule has 0 aromatic heterocycles. The maximum atomic E-state index is 7.31. The molecule has 0 aliphatic rings. The van der Waals surface area contributed by atoms with Crippen LogP contribution in [0.4, 0.5) is 0 Å². The van der Waals surface area contributed by atoms with E-state index in [1.54, 1.807) is 24.3 Å². The van der Waals surface area contributed by atoms with Crippen LogP contribution in [0.25, 0.3) is 0 Å². The SMILES string of the molecule is Cl.[2H]C([2H])([2H])C(C)(N)Cc1ccc(Cl)cc1. The van der Waals surface area contributed by atoms with E-state index in [2.05, 4.69) is 0 Å². The maximum Gasteiger partial charge on any atom is 0.0406 e. The van der Waals surface area contributed by atoms with E-state index in [-0.39, 0.29) is 12.4 Å². The van der Waals surface area contributed by atoms with Crippen molar-refractivity contribution in [1.82, 2.24) is 0 Å². The second kappa shape index (κ2) is 4.85. The minimum absolute atomic E-state index is 0. The molecular weight excluding hydrogens is 205 g/mol. The van der Waals surface area contributed by atoms with Gasteiger partial charge in [0, 0.05) is 14.7 Å². The van der Waals surface area contributed by atoms with Gasteiger partial charge in [0.15, 0.2) is 0 Å². The number of hydrogen-bond acceptors (Lipinski definition) is 1. The molecule has 0 aliphatic carbocycles. The largest absolute Gasteiger partial charge is 0.325 e. The third-order valence-corrected chi connectivity index (χ3v) is 1.74. The summed E-state index contributed by atoms with van der Waals surface area (Å²) in [6, 6.07) is 7.04. The predicted octanol–water partition coefficient (Wildman–Crippen LogP) is 3.04. The fourth-order valence-electron chi connectivity index (χ4n) is 1.03. The molecule has 1 atom stereocenters. The van der Waals surface area contributed by atoms with Gasteiger partial charge in [-0.25, -0.2) is 0 Å². The predicted molar refractivity (Wildman–Crippen MR) is 60.7 cm³/mol. The van der Waals surface area contributed by atoms with E-state index in [4.69, 9.17) is 21.4 Å². The smallest absolute Gasteiger partial charge is 0.0406 e. The fraction of sp³-hybridized carbons (Fsp3) is 0.400. The van der Waals surface area contributed by atoms with Crippen molar-refractivity contribution in [2.75, 3.05) is 0 Å². The molecule has 0 fully saturated rings. The van der Waals surface area contributed by atoms with E-state index in [9.17, 15) is 0 Å². The molecule has 0 saturated carbocycles. The molecule has 0 heterocycles. The molecule has 0 amide bonds. The van der Waals surface area contributed by atoms with Crippen LogP contribution in [0.3, 0.4) is 0 Å². The van der Waals surface area contributed by atoms with Crippen molar-refractivity contribution in [2.24, 2.45) is 5.73 Å². The summed E-state index contributed by atoms with van der Waals surface area (Å²) in [7, 11) is 0. The van der Waals surface area contributed by atoms with Crippen LogP contribution in [0, 0.1) is 0 Å². The molecule has 0 saturated heterocycles. The van der Waals surface area contributed by atoms with Gasteiger partial charge in [-0.2, -0.15) is 0 Å². The zero-order valence-electron chi connectivity index (χ0n) is 10.4. The van der Waals surface area contributed by atoms with Crippen LogP contribution in [0.2, 0.25) is 5.02 Å². The molecule has 74 valence electrons. The van der Waals surface area contributed by atoms with Crippen molar-refractivity contribution in [3.63, 3.8) is 0 Å². The highest BCUT2D eigenvalue weighted by Crippen LogP contribution is 2.13. The average Bonchev–Trinajstić information content (AvgIpc) is 2.06. The molecule has 1 aromatic carbocycles.